The summed E-state index contributed by atoms with van der Waals surface area (Å²) in [4.78, 5) is 0.365. The van der Waals surface area contributed by atoms with Gasteiger partial charge in [-0.2, -0.15) is 4.31 Å². The van der Waals surface area contributed by atoms with Crippen molar-refractivity contribution < 1.29 is 8.42 Å². The van der Waals surface area contributed by atoms with Gasteiger partial charge in [-0.25, -0.2) is 8.42 Å². The van der Waals surface area contributed by atoms with Crippen LogP contribution in [0.15, 0.2) is 29.2 Å². The highest BCUT2D eigenvalue weighted by molar-refractivity contribution is 7.89. The smallest absolute Gasteiger partial charge is 0.243 e. The minimum absolute atomic E-state index is 0.253. The molecule has 1 aromatic rings. The van der Waals surface area contributed by atoms with Crippen molar-refractivity contribution in [3.8, 4) is 0 Å². The lowest BCUT2D eigenvalue weighted by atomic mass is 10.2. The van der Waals surface area contributed by atoms with Crippen LogP contribution >= 0.6 is 0 Å². The number of benzene rings is 1. The molecule has 5 heteroatoms. The topological polar surface area (TPSA) is 63.4 Å². The molecule has 1 aliphatic rings. The number of sulfonamides is 1. The lowest BCUT2D eigenvalue weighted by Crippen LogP contribution is -2.36. The highest BCUT2D eigenvalue weighted by Gasteiger charge is 2.27. The number of hydrogen-bond donors (Lipinski definition) is 1. The highest BCUT2D eigenvalue weighted by atomic mass is 32.2. The van der Waals surface area contributed by atoms with E-state index >= 15 is 0 Å². The van der Waals surface area contributed by atoms with E-state index in [4.69, 9.17) is 5.73 Å². The van der Waals surface area contributed by atoms with Crippen molar-refractivity contribution in [2.24, 2.45) is 5.73 Å². The minimum atomic E-state index is -3.35. The third-order valence-electron chi connectivity index (χ3n) is 3.13. The Morgan fingerprint density at radius 1 is 1.12 bits per heavy atom. The largest absolute Gasteiger partial charge is 0.326 e. The van der Waals surface area contributed by atoms with Crippen molar-refractivity contribution in [3.05, 3.63) is 29.8 Å². The molecule has 1 heterocycles. The third-order valence-corrected chi connectivity index (χ3v) is 5.12. The van der Waals surface area contributed by atoms with Gasteiger partial charge in [-0.15, -0.1) is 0 Å². The Balaban J connectivity index is 2.36. The minimum Gasteiger partial charge on any atom is -0.326 e. The van der Waals surface area contributed by atoms with Crippen LogP contribution in [0, 0.1) is 0 Å². The van der Waals surface area contributed by atoms with Gasteiger partial charge in [0.25, 0.3) is 0 Å². The Bertz CT molecular complexity index is 479. The average Bonchev–Trinajstić information content (AvgIpc) is 2.39. The number of nitrogens with zero attached hydrogens (tertiary/aromatic N) is 1. The summed E-state index contributed by atoms with van der Waals surface area (Å²) in [6.45, 7) is 1.51. The van der Waals surface area contributed by atoms with E-state index in [0.29, 0.717) is 23.5 Å². The van der Waals surface area contributed by atoms with E-state index in [2.05, 4.69) is 0 Å². The van der Waals surface area contributed by atoms with E-state index in [-0.39, 0.29) is 6.54 Å². The SMILES string of the molecule is NCc1ccccc1S(=O)(=O)N1CCCCC1. The summed E-state index contributed by atoms with van der Waals surface area (Å²) in [5, 5.41) is 0. The quantitative estimate of drug-likeness (QED) is 0.885. The van der Waals surface area contributed by atoms with Crippen LogP contribution in [0.1, 0.15) is 24.8 Å². The maximum atomic E-state index is 12.4. The molecule has 0 spiro atoms. The predicted molar refractivity (Wildman–Crippen MR) is 66.9 cm³/mol. The van der Waals surface area contributed by atoms with Gasteiger partial charge in [-0.3, -0.25) is 0 Å². The second kappa shape index (κ2) is 5.16. The third kappa shape index (κ3) is 2.51. The molecule has 2 N–H and O–H groups in total. The molecule has 0 radical (unpaired) electrons. The van der Waals surface area contributed by atoms with Crippen LogP contribution in [0.3, 0.4) is 0 Å². The molecule has 2 rings (SSSR count). The molecule has 1 saturated heterocycles. The standard InChI is InChI=1S/C12H18N2O2S/c13-10-11-6-2-3-7-12(11)17(15,16)14-8-4-1-5-9-14/h2-3,6-7H,1,4-5,8-10,13H2. The summed E-state index contributed by atoms with van der Waals surface area (Å²) in [6, 6.07) is 6.98. The zero-order valence-corrected chi connectivity index (χ0v) is 10.6. The van der Waals surface area contributed by atoms with Gasteiger partial charge in [0, 0.05) is 19.6 Å². The molecule has 17 heavy (non-hydrogen) atoms. The van der Waals surface area contributed by atoms with Crippen LogP contribution in [-0.4, -0.2) is 25.8 Å². The Labute approximate surface area is 102 Å². The predicted octanol–water partition coefficient (Wildman–Crippen LogP) is 1.32. The number of hydrogen-bond acceptors (Lipinski definition) is 3. The van der Waals surface area contributed by atoms with Gasteiger partial charge >= 0.3 is 0 Å². The van der Waals surface area contributed by atoms with E-state index in [0.717, 1.165) is 19.3 Å². The van der Waals surface area contributed by atoms with Crippen molar-refractivity contribution in [1.82, 2.24) is 4.31 Å². The summed E-state index contributed by atoms with van der Waals surface area (Å²) < 4.78 is 26.4. The molecule has 4 nitrogen and oxygen atoms in total. The maximum absolute atomic E-state index is 12.4. The normalized spacial score (nSPS) is 18.2. The first-order valence-corrected chi connectivity index (χ1v) is 7.38. The van der Waals surface area contributed by atoms with E-state index in [1.54, 1.807) is 22.5 Å². The molecule has 0 aromatic heterocycles. The Morgan fingerprint density at radius 3 is 2.41 bits per heavy atom. The highest BCUT2D eigenvalue weighted by Crippen LogP contribution is 2.23. The fourth-order valence-electron chi connectivity index (χ4n) is 2.17. The van der Waals surface area contributed by atoms with Crippen molar-refractivity contribution in [3.63, 3.8) is 0 Å². The number of piperidine rings is 1. The summed E-state index contributed by atoms with van der Waals surface area (Å²) in [5.41, 5.74) is 6.29. The Hall–Kier alpha value is -0.910. The lowest BCUT2D eigenvalue weighted by Gasteiger charge is -2.26. The van der Waals surface area contributed by atoms with E-state index in [1.165, 1.54) is 0 Å². The fourth-order valence-corrected chi connectivity index (χ4v) is 3.92. The van der Waals surface area contributed by atoms with Gasteiger partial charge < -0.3 is 5.73 Å². The maximum Gasteiger partial charge on any atom is 0.243 e. The summed E-state index contributed by atoms with van der Waals surface area (Å²) in [7, 11) is -3.35. The second-order valence-electron chi connectivity index (χ2n) is 4.28. The summed E-state index contributed by atoms with van der Waals surface area (Å²) in [6.07, 6.45) is 3.01. The van der Waals surface area contributed by atoms with Crippen LogP contribution in [-0.2, 0) is 16.6 Å². The average molecular weight is 254 g/mol. The Kier molecular flexibility index (Phi) is 3.81. The van der Waals surface area contributed by atoms with Crippen molar-refractivity contribution in [2.75, 3.05) is 13.1 Å². The molecule has 0 bridgehead atoms. The molecule has 0 saturated carbocycles. The van der Waals surface area contributed by atoms with Gasteiger partial charge in [0.15, 0.2) is 0 Å². The van der Waals surface area contributed by atoms with Gasteiger partial charge in [0.1, 0.15) is 0 Å². The van der Waals surface area contributed by atoms with E-state index in [1.807, 2.05) is 6.07 Å². The van der Waals surface area contributed by atoms with Crippen LogP contribution < -0.4 is 5.73 Å². The van der Waals surface area contributed by atoms with Crippen LogP contribution in [0.25, 0.3) is 0 Å². The van der Waals surface area contributed by atoms with Gasteiger partial charge in [-0.1, -0.05) is 24.6 Å². The molecule has 1 fully saturated rings. The monoisotopic (exact) mass is 254 g/mol. The zero-order valence-electron chi connectivity index (χ0n) is 9.80. The first-order valence-electron chi connectivity index (χ1n) is 5.94. The van der Waals surface area contributed by atoms with E-state index < -0.39 is 10.0 Å². The Morgan fingerprint density at radius 2 is 1.76 bits per heavy atom. The first-order chi connectivity index (χ1) is 8.16. The van der Waals surface area contributed by atoms with Crippen molar-refractivity contribution in [2.45, 2.75) is 30.7 Å². The van der Waals surface area contributed by atoms with Crippen LogP contribution in [0.2, 0.25) is 0 Å². The molecule has 0 unspecified atom stereocenters. The van der Waals surface area contributed by atoms with E-state index in [9.17, 15) is 8.42 Å². The first kappa shape index (κ1) is 12.5. The molecule has 94 valence electrons. The van der Waals surface area contributed by atoms with Crippen molar-refractivity contribution in [1.29, 1.82) is 0 Å². The van der Waals surface area contributed by atoms with Crippen LogP contribution in [0.4, 0.5) is 0 Å². The molecule has 1 aromatic carbocycles. The van der Waals surface area contributed by atoms with Gasteiger partial charge in [-0.05, 0) is 24.5 Å². The van der Waals surface area contributed by atoms with Gasteiger partial charge in [0.05, 0.1) is 4.90 Å². The molecule has 0 amide bonds. The van der Waals surface area contributed by atoms with Crippen LogP contribution in [0.5, 0.6) is 0 Å². The molecule has 1 aliphatic heterocycles. The molecule has 0 aliphatic carbocycles. The zero-order chi connectivity index (χ0) is 12.3. The molecule has 0 atom stereocenters. The molecular formula is C12H18N2O2S. The summed E-state index contributed by atoms with van der Waals surface area (Å²) in [5.74, 6) is 0. The lowest BCUT2D eigenvalue weighted by molar-refractivity contribution is 0.346. The van der Waals surface area contributed by atoms with Crippen molar-refractivity contribution >= 4 is 10.0 Å². The van der Waals surface area contributed by atoms with Gasteiger partial charge in [0.2, 0.25) is 10.0 Å². The molecular weight excluding hydrogens is 236 g/mol. The number of nitrogens with two attached hydrogens (primary N) is 1. The summed E-state index contributed by atoms with van der Waals surface area (Å²) >= 11 is 0. The number of rotatable bonds is 3. The fraction of sp³-hybridized carbons (Fsp3) is 0.500. The second-order valence-corrected chi connectivity index (χ2v) is 6.18.